The van der Waals surface area contributed by atoms with Crippen LogP contribution in [0.25, 0.3) is 0 Å². The molecule has 0 N–H and O–H groups in total. The van der Waals surface area contributed by atoms with Crippen molar-refractivity contribution in [3.8, 4) is 6.07 Å². The lowest BCUT2D eigenvalue weighted by molar-refractivity contribution is 0.495. The minimum atomic E-state index is 0.0142. The van der Waals surface area contributed by atoms with E-state index in [9.17, 15) is 5.26 Å². The molecule has 1 rings (SSSR count). The first-order valence-corrected chi connectivity index (χ1v) is 7.22. The molecule has 0 aliphatic rings. The Kier molecular flexibility index (Phi) is 4.76. The van der Waals surface area contributed by atoms with Crippen molar-refractivity contribution in [2.45, 2.75) is 47.5 Å². The fourth-order valence-electron chi connectivity index (χ4n) is 1.71. The predicted octanol–water partition coefficient (Wildman–Crippen LogP) is 5.29. The van der Waals surface area contributed by atoms with Crippen LogP contribution in [0.1, 0.15) is 50.3 Å². The summed E-state index contributed by atoms with van der Waals surface area (Å²) in [5.41, 5.74) is 1.51. The van der Waals surface area contributed by atoms with E-state index in [1.165, 1.54) is 15.3 Å². The lowest BCUT2D eigenvalue weighted by Gasteiger charge is -2.23. The van der Waals surface area contributed by atoms with Crippen molar-refractivity contribution in [2.75, 3.05) is 0 Å². The van der Waals surface area contributed by atoms with Crippen LogP contribution >= 0.6 is 11.3 Å². The van der Waals surface area contributed by atoms with E-state index in [0.29, 0.717) is 0 Å². The van der Waals surface area contributed by atoms with Gasteiger partial charge in [0.25, 0.3) is 0 Å². The van der Waals surface area contributed by atoms with Crippen LogP contribution in [0.15, 0.2) is 23.8 Å². The maximum atomic E-state index is 9.21. The van der Waals surface area contributed by atoms with Gasteiger partial charge >= 0.3 is 0 Å². The van der Waals surface area contributed by atoms with E-state index in [1.807, 2.05) is 6.92 Å². The molecule has 18 heavy (non-hydrogen) atoms. The number of thiophene rings is 1. The predicted molar refractivity (Wildman–Crippen MR) is 79.8 cm³/mol. The van der Waals surface area contributed by atoms with Crippen LogP contribution in [0.2, 0.25) is 0 Å². The summed E-state index contributed by atoms with van der Waals surface area (Å²) in [4.78, 5) is 2.60. The van der Waals surface area contributed by atoms with Gasteiger partial charge in [0.2, 0.25) is 0 Å². The number of hydrogen-bond donors (Lipinski definition) is 0. The van der Waals surface area contributed by atoms with E-state index in [4.69, 9.17) is 0 Å². The molecular weight excluding hydrogens is 238 g/mol. The molecule has 1 aromatic heterocycles. The van der Waals surface area contributed by atoms with Gasteiger partial charge in [-0.15, -0.1) is 11.3 Å². The Bertz CT molecular complexity index is 468. The summed E-state index contributed by atoms with van der Waals surface area (Å²) < 4.78 is 0. The summed E-state index contributed by atoms with van der Waals surface area (Å²) in [6.07, 6.45) is 2.28. The summed E-state index contributed by atoms with van der Waals surface area (Å²) in [5, 5.41) is 9.21. The standard InChI is InChI=1S/C16H23NS/c1-11(10-17)14(9-12(2)16(4,5)6)15-8-7-13(3)18-15/h7-9,11,14H,1-6H3/b12-9+/t11-,14+/m1/s1. The Hall–Kier alpha value is -1.07. The van der Waals surface area contributed by atoms with Gasteiger partial charge in [-0.2, -0.15) is 5.26 Å². The summed E-state index contributed by atoms with van der Waals surface area (Å²) >= 11 is 1.80. The monoisotopic (exact) mass is 261 g/mol. The van der Waals surface area contributed by atoms with Gasteiger partial charge in [0.05, 0.1) is 12.0 Å². The second-order valence-electron chi connectivity index (χ2n) is 5.99. The Balaban J connectivity index is 3.13. The second kappa shape index (κ2) is 5.71. The normalized spacial score (nSPS) is 16.2. The molecular formula is C16H23NS. The van der Waals surface area contributed by atoms with E-state index in [0.717, 1.165) is 0 Å². The summed E-state index contributed by atoms with van der Waals surface area (Å²) in [7, 11) is 0. The average molecular weight is 261 g/mol. The van der Waals surface area contributed by atoms with Gasteiger partial charge < -0.3 is 0 Å². The Morgan fingerprint density at radius 3 is 2.39 bits per heavy atom. The summed E-state index contributed by atoms with van der Waals surface area (Å²) in [6, 6.07) is 6.69. The van der Waals surface area contributed by atoms with Crippen molar-refractivity contribution in [1.29, 1.82) is 5.26 Å². The van der Waals surface area contributed by atoms with Crippen LogP contribution in [0, 0.1) is 29.6 Å². The quantitative estimate of drug-likeness (QED) is 0.678. The van der Waals surface area contributed by atoms with Gasteiger partial charge in [-0.3, -0.25) is 0 Å². The molecule has 1 heterocycles. The first-order valence-electron chi connectivity index (χ1n) is 6.40. The van der Waals surface area contributed by atoms with Crippen molar-refractivity contribution in [1.82, 2.24) is 0 Å². The van der Waals surface area contributed by atoms with Crippen LogP contribution in [0.5, 0.6) is 0 Å². The molecule has 0 fully saturated rings. The lowest BCUT2D eigenvalue weighted by Crippen LogP contribution is -2.11. The highest BCUT2D eigenvalue weighted by Gasteiger charge is 2.21. The maximum Gasteiger partial charge on any atom is 0.0662 e. The van der Waals surface area contributed by atoms with Crippen molar-refractivity contribution in [3.05, 3.63) is 33.5 Å². The van der Waals surface area contributed by atoms with E-state index in [-0.39, 0.29) is 17.3 Å². The minimum Gasteiger partial charge on any atom is -0.198 e. The smallest absolute Gasteiger partial charge is 0.0662 e. The third-order valence-electron chi connectivity index (χ3n) is 3.44. The largest absolute Gasteiger partial charge is 0.198 e. The SMILES string of the molecule is C/C(=C\[C@H](c1ccc(C)s1)[C@H](C)C#N)C(C)(C)C. The number of hydrogen-bond acceptors (Lipinski definition) is 2. The van der Waals surface area contributed by atoms with Gasteiger partial charge in [0.1, 0.15) is 0 Å². The molecule has 0 aliphatic carbocycles. The lowest BCUT2D eigenvalue weighted by atomic mass is 9.82. The fraction of sp³-hybridized carbons (Fsp3) is 0.562. The van der Waals surface area contributed by atoms with Crippen LogP contribution in [-0.4, -0.2) is 0 Å². The van der Waals surface area contributed by atoms with Crippen LogP contribution in [0.3, 0.4) is 0 Å². The third kappa shape index (κ3) is 3.71. The molecule has 0 amide bonds. The van der Waals surface area contributed by atoms with E-state index in [2.05, 4.69) is 58.9 Å². The first-order chi connectivity index (χ1) is 8.25. The zero-order chi connectivity index (χ0) is 13.9. The molecule has 0 bridgehead atoms. The van der Waals surface area contributed by atoms with Crippen LogP contribution in [0.4, 0.5) is 0 Å². The van der Waals surface area contributed by atoms with Crippen LogP contribution in [-0.2, 0) is 0 Å². The fourth-order valence-corrected chi connectivity index (χ4v) is 2.76. The zero-order valence-corrected chi connectivity index (χ0v) is 13.1. The molecule has 0 radical (unpaired) electrons. The van der Waals surface area contributed by atoms with Crippen molar-refractivity contribution in [3.63, 3.8) is 0 Å². The van der Waals surface area contributed by atoms with E-state index >= 15 is 0 Å². The number of aryl methyl sites for hydroxylation is 1. The van der Waals surface area contributed by atoms with Gasteiger partial charge in [0, 0.05) is 15.7 Å². The van der Waals surface area contributed by atoms with Gasteiger partial charge in [-0.1, -0.05) is 32.4 Å². The molecule has 0 unspecified atom stereocenters. The zero-order valence-electron chi connectivity index (χ0n) is 12.2. The summed E-state index contributed by atoms with van der Waals surface area (Å²) in [5.74, 6) is 0.230. The molecule has 0 aliphatic heterocycles. The highest BCUT2D eigenvalue weighted by atomic mass is 32.1. The topological polar surface area (TPSA) is 23.8 Å². The summed E-state index contributed by atoms with van der Waals surface area (Å²) in [6.45, 7) is 12.9. The molecule has 2 heteroatoms. The molecule has 0 aromatic carbocycles. The molecule has 2 atom stereocenters. The van der Waals surface area contributed by atoms with Gasteiger partial charge in [-0.25, -0.2) is 0 Å². The molecule has 98 valence electrons. The van der Waals surface area contributed by atoms with Gasteiger partial charge in [0.15, 0.2) is 0 Å². The van der Waals surface area contributed by atoms with Crippen molar-refractivity contribution >= 4 is 11.3 Å². The molecule has 0 spiro atoms. The molecule has 1 nitrogen and oxygen atoms in total. The van der Waals surface area contributed by atoms with E-state index < -0.39 is 0 Å². The van der Waals surface area contributed by atoms with Gasteiger partial charge in [-0.05, 0) is 38.3 Å². The highest BCUT2D eigenvalue weighted by molar-refractivity contribution is 7.12. The van der Waals surface area contributed by atoms with Crippen molar-refractivity contribution < 1.29 is 0 Å². The Morgan fingerprint density at radius 2 is 2.00 bits per heavy atom. The minimum absolute atomic E-state index is 0.0142. The third-order valence-corrected chi connectivity index (χ3v) is 4.55. The molecule has 0 saturated heterocycles. The Labute approximate surface area is 115 Å². The van der Waals surface area contributed by atoms with Crippen LogP contribution < -0.4 is 0 Å². The number of rotatable bonds is 3. The number of nitriles is 1. The number of nitrogens with zero attached hydrogens (tertiary/aromatic N) is 1. The Morgan fingerprint density at radius 1 is 1.39 bits per heavy atom. The highest BCUT2D eigenvalue weighted by Crippen LogP contribution is 2.35. The van der Waals surface area contributed by atoms with E-state index in [1.54, 1.807) is 11.3 Å². The molecule has 0 saturated carbocycles. The second-order valence-corrected chi connectivity index (χ2v) is 7.31. The average Bonchev–Trinajstić information content (AvgIpc) is 2.69. The first kappa shape index (κ1) is 15.0. The van der Waals surface area contributed by atoms with Crippen molar-refractivity contribution in [2.24, 2.45) is 11.3 Å². The molecule has 1 aromatic rings. The number of allylic oxidation sites excluding steroid dienone is 2. The maximum absolute atomic E-state index is 9.21.